The zero-order valence-corrected chi connectivity index (χ0v) is 5.79. The van der Waals surface area contributed by atoms with Crippen molar-refractivity contribution < 1.29 is 8.78 Å². The van der Waals surface area contributed by atoms with Crippen LogP contribution in [0.5, 0.6) is 0 Å². The van der Waals surface area contributed by atoms with E-state index >= 15 is 0 Å². The molecule has 0 aliphatic carbocycles. The molecule has 5 nitrogen and oxygen atoms in total. The number of azide groups is 1. The van der Waals surface area contributed by atoms with Gasteiger partial charge in [-0.1, -0.05) is 11.3 Å². The van der Waals surface area contributed by atoms with Gasteiger partial charge in [-0.15, -0.1) is 10.2 Å². The van der Waals surface area contributed by atoms with Crippen LogP contribution in [0.25, 0.3) is 10.4 Å². The third-order valence-electron chi connectivity index (χ3n) is 0.747. The fraction of sp³-hybridized carbons (Fsp3) is 0.333. The molecule has 0 saturated heterocycles. The van der Waals surface area contributed by atoms with E-state index in [9.17, 15) is 8.78 Å². The summed E-state index contributed by atoms with van der Waals surface area (Å²) in [4.78, 5) is 2.37. The van der Waals surface area contributed by atoms with Crippen molar-refractivity contribution in [1.29, 1.82) is 0 Å². The molecular weight excluding hydrogens is 176 g/mol. The lowest BCUT2D eigenvalue weighted by Gasteiger charge is -1.84. The molecule has 0 atom stereocenters. The first-order valence-corrected chi connectivity index (χ1v) is 3.22. The van der Waals surface area contributed by atoms with Gasteiger partial charge in [0.25, 0.3) is 6.43 Å². The molecule has 11 heavy (non-hydrogen) atoms. The van der Waals surface area contributed by atoms with Gasteiger partial charge in [0.05, 0.1) is 0 Å². The average Bonchev–Trinajstić information content (AvgIpc) is 2.37. The highest BCUT2D eigenvalue weighted by Gasteiger charge is 2.12. The van der Waals surface area contributed by atoms with E-state index in [1.165, 1.54) is 0 Å². The lowest BCUT2D eigenvalue weighted by atomic mass is 10.8. The first kappa shape index (κ1) is 7.83. The SMILES string of the molecule is [N-]=[N+]=Nc1nnc(C(F)F)s1. The van der Waals surface area contributed by atoms with Crippen LogP contribution in [0, 0.1) is 0 Å². The van der Waals surface area contributed by atoms with Gasteiger partial charge < -0.3 is 0 Å². The quantitative estimate of drug-likeness (QED) is 0.395. The lowest BCUT2D eigenvalue weighted by Crippen LogP contribution is -1.79. The monoisotopic (exact) mass is 177 g/mol. The molecule has 0 radical (unpaired) electrons. The summed E-state index contributed by atoms with van der Waals surface area (Å²) in [6, 6.07) is 0. The summed E-state index contributed by atoms with van der Waals surface area (Å²) < 4.78 is 23.6. The Labute approximate surface area is 63.3 Å². The van der Waals surface area contributed by atoms with Gasteiger partial charge in [-0.05, 0) is 10.6 Å². The minimum Gasteiger partial charge on any atom is -0.202 e. The molecule has 8 heteroatoms. The highest BCUT2D eigenvalue weighted by atomic mass is 32.1. The molecule has 0 spiro atoms. The zero-order chi connectivity index (χ0) is 8.27. The van der Waals surface area contributed by atoms with E-state index in [1.807, 2.05) is 0 Å². The Bertz CT molecular complexity index is 290. The Hall–Kier alpha value is -1.27. The summed E-state index contributed by atoms with van der Waals surface area (Å²) in [5, 5.41) is 8.75. The molecule has 1 aromatic heterocycles. The Morgan fingerprint density at radius 2 is 2.27 bits per heavy atom. The van der Waals surface area contributed by atoms with Crippen molar-refractivity contribution in [3.8, 4) is 0 Å². The molecule has 0 aliphatic heterocycles. The van der Waals surface area contributed by atoms with Crippen LogP contribution >= 0.6 is 11.3 Å². The molecule has 0 saturated carbocycles. The van der Waals surface area contributed by atoms with Crippen molar-refractivity contribution in [3.05, 3.63) is 15.5 Å². The third kappa shape index (κ3) is 1.82. The molecule has 0 unspecified atom stereocenters. The van der Waals surface area contributed by atoms with Crippen molar-refractivity contribution >= 4 is 16.5 Å². The smallest absolute Gasteiger partial charge is 0.202 e. The largest absolute Gasteiger partial charge is 0.291 e. The van der Waals surface area contributed by atoms with Crippen molar-refractivity contribution in [2.75, 3.05) is 0 Å². The molecule has 0 aromatic carbocycles. The van der Waals surface area contributed by atoms with Crippen LogP contribution in [0.3, 0.4) is 0 Å². The Kier molecular flexibility index (Phi) is 2.29. The molecule has 0 aliphatic rings. The van der Waals surface area contributed by atoms with Crippen LogP contribution < -0.4 is 0 Å². The Morgan fingerprint density at radius 3 is 2.73 bits per heavy atom. The van der Waals surface area contributed by atoms with Gasteiger partial charge >= 0.3 is 0 Å². The molecule has 58 valence electrons. The second kappa shape index (κ2) is 3.22. The van der Waals surface area contributed by atoms with Crippen LogP contribution in [0.15, 0.2) is 5.11 Å². The van der Waals surface area contributed by atoms with Crippen LogP contribution in [0.4, 0.5) is 13.9 Å². The van der Waals surface area contributed by atoms with Gasteiger partial charge in [0.1, 0.15) is 0 Å². The number of hydrogen-bond donors (Lipinski definition) is 0. The van der Waals surface area contributed by atoms with Gasteiger partial charge in [0, 0.05) is 4.91 Å². The van der Waals surface area contributed by atoms with Crippen LogP contribution in [0.2, 0.25) is 0 Å². The minimum atomic E-state index is -2.66. The molecule has 1 heterocycles. The minimum absolute atomic E-state index is 0.0946. The van der Waals surface area contributed by atoms with Gasteiger partial charge in [-0.25, -0.2) is 8.78 Å². The molecule has 1 aromatic rings. The second-order valence-corrected chi connectivity index (χ2v) is 2.40. The highest BCUT2D eigenvalue weighted by Crippen LogP contribution is 2.26. The molecule has 0 bridgehead atoms. The molecule has 1 rings (SSSR count). The van der Waals surface area contributed by atoms with Gasteiger partial charge in [0.2, 0.25) is 5.13 Å². The van der Waals surface area contributed by atoms with Crippen molar-refractivity contribution in [1.82, 2.24) is 10.2 Å². The van der Waals surface area contributed by atoms with Crippen LogP contribution in [0.1, 0.15) is 11.4 Å². The summed E-state index contributed by atoms with van der Waals surface area (Å²) in [5.41, 5.74) is 7.88. The van der Waals surface area contributed by atoms with Crippen molar-refractivity contribution in [2.24, 2.45) is 5.11 Å². The first-order chi connectivity index (χ1) is 5.24. The van der Waals surface area contributed by atoms with E-state index in [2.05, 4.69) is 20.2 Å². The number of alkyl halides is 2. The fourth-order valence-electron chi connectivity index (χ4n) is 0.393. The predicted molar refractivity (Wildman–Crippen MR) is 33.7 cm³/mol. The first-order valence-electron chi connectivity index (χ1n) is 2.40. The van der Waals surface area contributed by atoms with Crippen molar-refractivity contribution in [2.45, 2.75) is 6.43 Å². The van der Waals surface area contributed by atoms with E-state index in [0.717, 1.165) is 0 Å². The summed E-state index contributed by atoms with van der Waals surface area (Å²) in [6.07, 6.45) is -2.66. The third-order valence-corrected chi connectivity index (χ3v) is 1.56. The second-order valence-electron chi connectivity index (χ2n) is 1.41. The maximum absolute atomic E-state index is 11.8. The number of aromatic nitrogens is 2. The molecule has 0 N–H and O–H groups in total. The van der Waals surface area contributed by atoms with Gasteiger partial charge in [-0.3, -0.25) is 0 Å². The summed E-state index contributed by atoms with van der Waals surface area (Å²) >= 11 is 0.573. The summed E-state index contributed by atoms with van der Waals surface area (Å²) in [5.74, 6) is 0. The maximum atomic E-state index is 11.8. The standard InChI is InChI=1S/C3HF2N5S/c4-1(5)2-7-8-3(11-2)9-10-6/h1H. The molecular formula is C3HF2N5S. The summed E-state index contributed by atoms with van der Waals surface area (Å²) in [7, 11) is 0. The Balaban J connectivity index is 2.90. The Morgan fingerprint density at radius 1 is 1.55 bits per heavy atom. The van der Waals surface area contributed by atoms with E-state index in [4.69, 9.17) is 5.53 Å². The van der Waals surface area contributed by atoms with E-state index in [1.54, 1.807) is 0 Å². The molecule has 0 amide bonds. The topological polar surface area (TPSA) is 74.5 Å². The lowest BCUT2D eigenvalue weighted by molar-refractivity contribution is 0.150. The maximum Gasteiger partial charge on any atom is 0.291 e. The van der Waals surface area contributed by atoms with E-state index in [-0.39, 0.29) is 5.13 Å². The molecule has 0 fully saturated rings. The van der Waals surface area contributed by atoms with Crippen LogP contribution in [-0.2, 0) is 0 Å². The van der Waals surface area contributed by atoms with Crippen LogP contribution in [-0.4, -0.2) is 10.2 Å². The van der Waals surface area contributed by atoms with Gasteiger partial charge in [0.15, 0.2) is 5.01 Å². The number of nitrogens with zero attached hydrogens (tertiary/aromatic N) is 5. The number of halogens is 2. The number of rotatable bonds is 2. The normalized spacial score (nSPS) is 9.73. The van der Waals surface area contributed by atoms with E-state index in [0.29, 0.717) is 11.3 Å². The predicted octanol–water partition coefficient (Wildman–Crippen LogP) is 2.42. The van der Waals surface area contributed by atoms with E-state index < -0.39 is 11.4 Å². The van der Waals surface area contributed by atoms with Gasteiger partial charge in [-0.2, -0.15) is 0 Å². The summed E-state index contributed by atoms with van der Waals surface area (Å²) in [6.45, 7) is 0. The number of hydrogen-bond acceptors (Lipinski definition) is 4. The highest BCUT2D eigenvalue weighted by molar-refractivity contribution is 7.14. The average molecular weight is 177 g/mol. The zero-order valence-electron chi connectivity index (χ0n) is 4.98. The fourth-order valence-corrected chi connectivity index (χ4v) is 0.910. The van der Waals surface area contributed by atoms with Crippen molar-refractivity contribution in [3.63, 3.8) is 0 Å².